The first kappa shape index (κ1) is 14.9. The number of ether oxygens (including phenoxy) is 1. The summed E-state index contributed by atoms with van der Waals surface area (Å²) < 4.78 is 5.25. The molecule has 0 aromatic carbocycles. The minimum atomic E-state index is -0.954. The Morgan fingerprint density at radius 2 is 1.75 bits per heavy atom. The van der Waals surface area contributed by atoms with Gasteiger partial charge in [-0.25, -0.2) is 0 Å². The minimum Gasteiger partial charge on any atom is -0.481 e. The van der Waals surface area contributed by atoms with Crippen LogP contribution in [0, 0.1) is 5.41 Å². The zero-order valence-electron chi connectivity index (χ0n) is 10.6. The second-order valence-corrected chi connectivity index (χ2v) is 4.18. The van der Waals surface area contributed by atoms with Crippen LogP contribution in [-0.2, 0) is 14.3 Å². The van der Waals surface area contributed by atoms with Crippen molar-refractivity contribution in [2.45, 2.75) is 59.5 Å². The molecule has 0 aromatic rings. The van der Waals surface area contributed by atoms with Gasteiger partial charge in [-0.3, -0.25) is 9.59 Å². The lowest BCUT2D eigenvalue weighted by atomic mass is 9.79. The topological polar surface area (TPSA) is 63.6 Å². The molecule has 1 unspecified atom stereocenters. The molecule has 0 amide bonds. The Morgan fingerprint density at radius 1 is 1.25 bits per heavy atom. The van der Waals surface area contributed by atoms with Crippen molar-refractivity contribution in [3.05, 3.63) is 0 Å². The van der Waals surface area contributed by atoms with Gasteiger partial charge in [0.05, 0.1) is 17.9 Å². The van der Waals surface area contributed by atoms with E-state index in [-0.39, 0.29) is 18.5 Å². The van der Waals surface area contributed by atoms with Crippen LogP contribution in [-0.4, -0.2) is 23.1 Å². The van der Waals surface area contributed by atoms with Gasteiger partial charge in [-0.15, -0.1) is 0 Å². The normalized spacial score (nSPS) is 13.2. The monoisotopic (exact) mass is 230 g/mol. The van der Waals surface area contributed by atoms with Crippen molar-refractivity contribution in [2.24, 2.45) is 5.41 Å². The molecule has 0 saturated carbocycles. The van der Waals surface area contributed by atoms with Crippen LogP contribution in [0.25, 0.3) is 0 Å². The second-order valence-electron chi connectivity index (χ2n) is 4.18. The number of hydrogen-bond donors (Lipinski definition) is 1. The van der Waals surface area contributed by atoms with Gasteiger partial charge in [-0.2, -0.15) is 0 Å². The Labute approximate surface area is 97.0 Å². The molecule has 0 spiro atoms. The number of carboxylic acid groups (broad SMARTS) is 1. The summed E-state index contributed by atoms with van der Waals surface area (Å²) in [6.07, 6.45) is 1.41. The molecule has 0 bridgehead atoms. The SMILES string of the molecule is CCC(C)OC(=O)C(CC)(CC)CC(=O)O. The molecule has 94 valence electrons. The predicted octanol–water partition coefficient (Wildman–Crippen LogP) is 2.61. The zero-order chi connectivity index (χ0) is 12.8. The molecule has 0 aromatic heterocycles. The summed E-state index contributed by atoms with van der Waals surface area (Å²) in [5.74, 6) is -1.33. The number of carboxylic acids is 1. The average Bonchev–Trinajstić information content (AvgIpc) is 2.25. The van der Waals surface area contributed by atoms with Crippen molar-refractivity contribution in [1.82, 2.24) is 0 Å². The van der Waals surface area contributed by atoms with E-state index < -0.39 is 11.4 Å². The molecule has 0 saturated heterocycles. The largest absolute Gasteiger partial charge is 0.481 e. The Morgan fingerprint density at radius 3 is 2.06 bits per heavy atom. The van der Waals surface area contributed by atoms with Crippen LogP contribution in [0.5, 0.6) is 0 Å². The van der Waals surface area contributed by atoms with Crippen molar-refractivity contribution >= 4 is 11.9 Å². The fourth-order valence-corrected chi connectivity index (χ4v) is 1.54. The van der Waals surface area contributed by atoms with Crippen LogP contribution in [0.1, 0.15) is 53.4 Å². The Hall–Kier alpha value is -1.06. The first-order chi connectivity index (χ1) is 7.41. The number of rotatable bonds is 7. The van der Waals surface area contributed by atoms with E-state index in [0.717, 1.165) is 6.42 Å². The third-order valence-corrected chi connectivity index (χ3v) is 3.16. The summed E-state index contributed by atoms with van der Waals surface area (Å²) in [6.45, 7) is 7.39. The molecule has 0 aliphatic carbocycles. The molecule has 0 aliphatic rings. The maximum Gasteiger partial charge on any atom is 0.312 e. The highest BCUT2D eigenvalue weighted by Gasteiger charge is 2.39. The third kappa shape index (κ3) is 3.83. The maximum absolute atomic E-state index is 11.9. The molecule has 4 heteroatoms. The summed E-state index contributed by atoms with van der Waals surface area (Å²) in [4.78, 5) is 22.7. The van der Waals surface area contributed by atoms with Crippen molar-refractivity contribution in [2.75, 3.05) is 0 Å². The van der Waals surface area contributed by atoms with Crippen LogP contribution in [0.15, 0.2) is 0 Å². The van der Waals surface area contributed by atoms with Crippen LogP contribution in [0.2, 0.25) is 0 Å². The molecule has 0 aliphatic heterocycles. The third-order valence-electron chi connectivity index (χ3n) is 3.16. The predicted molar refractivity (Wildman–Crippen MR) is 61.1 cm³/mol. The Bertz CT molecular complexity index is 243. The number of carbonyl (C=O) groups excluding carboxylic acids is 1. The van der Waals surface area contributed by atoms with E-state index >= 15 is 0 Å². The molecular formula is C12H22O4. The van der Waals surface area contributed by atoms with E-state index in [2.05, 4.69) is 0 Å². The molecule has 0 radical (unpaired) electrons. The standard InChI is InChI=1S/C12H22O4/c1-5-9(4)16-11(15)12(6-2,7-3)8-10(13)14/h9H,5-8H2,1-4H3,(H,13,14). The van der Waals surface area contributed by atoms with E-state index in [0.29, 0.717) is 12.8 Å². The smallest absolute Gasteiger partial charge is 0.312 e. The first-order valence-electron chi connectivity index (χ1n) is 5.84. The summed E-state index contributed by atoms with van der Waals surface area (Å²) >= 11 is 0. The molecule has 0 fully saturated rings. The van der Waals surface area contributed by atoms with E-state index in [1.54, 1.807) is 0 Å². The average molecular weight is 230 g/mol. The molecule has 1 N–H and O–H groups in total. The fourth-order valence-electron chi connectivity index (χ4n) is 1.54. The number of aliphatic carboxylic acids is 1. The van der Waals surface area contributed by atoms with Gasteiger partial charge in [0.15, 0.2) is 0 Å². The zero-order valence-corrected chi connectivity index (χ0v) is 10.6. The number of carbonyl (C=O) groups is 2. The van der Waals surface area contributed by atoms with Crippen LogP contribution in [0.4, 0.5) is 0 Å². The lowest BCUT2D eigenvalue weighted by Crippen LogP contribution is -2.36. The van der Waals surface area contributed by atoms with Gasteiger partial charge in [0.25, 0.3) is 0 Å². The van der Waals surface area contributed by atoms with Gasteiger partial charge in [0, 0.05) is 0 Å². The van der Waals surface area contributed by atoms with E-state index in [1.165, 1.54) is 0 Å². The first-order valence-corrected chi connectivity index (χ1v) is 5.84. The number of hydrogen-bond acceptors (Lipinski definition) is 3. The summed E-state index contributed by atoms with van der Waals surface area (Å²) in [7, 11) is 0. The maximum atomic E-state index is 11.9. The highest BCUT2D eigenvalue weighted by atomic mass is 16.5. The highest BCUT2D eigenvalue weighted by molar-refractivity contribution is 5.82. The highest BCUT2D eigenvalue weighted by Crippen LogP contribution is 2.32. The lowest BCUT2D eigenvalue weighted by Gasteiger charge is -2.28. The van der Waals surface area contributed by atoms with Gasteiger partial charge in [0.2, 0.25) is 0 Å². The Balaban J connectivity index is 4.74. The van der Waals surface area contributed by atoms with E-state index in [9.17, 15) is 9.59 Å². The van der Waals surface area contributed by atoms with Crippen molar-refractivity contribution in [3.8, 4) is 0 Å². The minimum absolute atomic E-state index is 0.154. The van der Waals surface area contributed by atoms with E-state index in [4.69, 9.17) is 9.84 Å². The summed E-state index contributed by atoms with van der Waals surface area (Å²) in [5, 5.41) is 8.84. The fraction of sp³-hybridized carbons (Fsp3) is 0.833. The van der Waals surface area contributed by atoms with Crippen LogP contribution in [0.3, 0.4) is 0 Å². The van der Waals surface area contributed by atoms with Gasteiger partial charge in [-0.1, -0.05) is 20.8 Å². The molecule has 0 heterocycles. The van der Waals surface area contributed by atoms with Crippen molar-refractivity contribution in [1.29, 1.82) is 0 Å². The van der Waals surface area contributed by atoms with Gasteiger partial charge >= 0.3 is 11.9 Å². The summed E-state index contributed by atoms with van der Waals surface area (Å²) in [6, 6.07) is 0. The van der Waals surface area contributed by atoms with Crippen molar-refractivity contribution < 1.29 is 19.4 Å². The Kier molecular flexibility index (Phi) is 6.08. The van der Waals surface area contributed by atoms with Gasteiger partial charge < -0.3 is 9.84 Å². The number of esters is 1. The molecule has 16 heavy (non-hydrogen) atoms. The van der Waals surface area contributed by atoms with Crippen LogP contribution >= 0.6 is 0 Å². The molecule has 1 atom stereocenters. The van der Waals surface area contributed by atoms with Crippen molar-refractivity contribution in [3.63, 3.8) is 0 Å². The van der Waals surface area contributed by atoms with Gasteiger partial charge in [0.1, 0.15) is 0 Å². The molecule has 0 rings (SSSR count). The second kappa shape index (κ2) is 6.51. The van der Waals surface area contributed by atoms with E-state index in [1.807, 2.05) is 27.7 Å². The molecule has 4 nitrogen and oxygen atoms in total. The van der Waals surface area contributed by atoms with Gasteiger partial charge in [-0.05, 0) is 26.2 Å². The molecular weight excluding hydrogens is 208 g/mol. The van der Waals surface area contributed by atoms with Crippen LogP contribution < -0.4 is 0 Å². The quantitative estimate of drug-likeness (QED) is 0.683. The summed E-state index contributed by atoms with van der Waals surface area (Å²) in [5.41, 5.74) is -0.866. The lowest BCUT2D eigenvalue weighted by molar-refractivity contribution is -0.166.